The third kappa shape index (κ3) is 3.65. The van der Waals surface area contributed by atoms with Crippen molar-refractivity contribution in [1.82, 2.24) is 15.3 Å². The molecule has 1 aromatic carbocycles. The average molecular weight is 296 g/mol. The maximum Gasteiger partial charge on any atom is 0.179 e. The minimum absolute atomic E-state index is 0.548. The topological polar surface area (TPSA) is 59.2 Å². The number of imidazole rings is 1. The van der Waals surface area contributed by atoms with E-state index >= 15 is 0 Å². The lowest BCUT2D eigenvalue weighted by atomic mass is 10.2. The fourth-order valence-electron chi connectivity index (χ4n) is 1.88. The van der Waals surface area contributed by atoms with Crippen LogP contribution in [0.3, 0.4) is 0 Å². The Bertz CT molecular complexity index is 544. The molecule has 5 nitrogen and oxygen atoms in total. The standard InChI is InChI=1S/C14H18ClN3O2/c1-3-20-14-11(15)6-10(7-12(14)19-2)8-16-9-13-17-4-5-18-13/h4-7,16H,3,8-9H2,1-2H3,(H,17,18). The van der Waals surface area contributed by atoms with Crippen molar-refractivity contribution in [2.24, 2.45) is 0 Å². The minimum Gasteiger partial charge on any atom is -0.493 e. The van der Waals surface area contributed by atoms with Gasteiger partial charge in [0.1, 0.15) is 5.82 Å². The molecule has 1 aromatic heterocycles. The van der Waals surface area contributed by atoms with Crippen LogP contribution in [0.25, 0.3) is 0 Å². The van der Waals surface area contributed by atoms with E-state index in [1.807, 2.05) is 19.1 Å². The molecule has 0 aliphatic heterocycles. The molecule has 0 saturated carbocycles. The number of benzene rings is 1. The summed E-state index contributed by atoms with van der Waals surface area (Å²) in [6, 6.07) is 3.80. The molecule has 0 amide bonds. The van der Waals surface area contributed by atoms with Crippen LogP contribution in [-0.4, -0.2) is 23.7 Å². The van der Waals surface area contributed by atoms with Crippen molar-refractivity contribution < 1.29 is 9.47 Å². The molecule has 0 atom stereocenters. The van der Waals surface area contributed by atoms with Crippen LogP contribution >= 0.6 is 11.6 Å². The molecular weight excluding hydrogens is 278 g/mol. The van der Waals surface area contributed by atoms with Crippen LogP contribution in [-0.2, 0) is 13.1 Å². The van der Waals surface area contributed by atoms with Gasteiger partial charge in [-0.2, -0.15) is 0 Å². The molecule has 2 rings (SSSR count). The van der Waals surface area contributed by atoms with Gasteiger partial charge in [-0.1, -0.05) is 11.6 Å². The maximum absolute atomic E-state index is 6.22. The number of H-pyrrole nitrogens is 1. The van der Waals surface area contributed by atoms with Crippen LogP contribution in [0.15, 0.2) is 24.5 Å². The lowest BCUT2D eigenvalue weighted by Crippen LogP contribution is -2.13. The molecule has 2 aromatic rings. The highest BCUT2D eigenvalue weighted by molar-refractivity contribution is 6.32. The summed E-state index contributed by atoms with van der Waals surface area (Å²) in [4.78, 5) is 7.19. The van der Waals surface area contributed by atoms with Crippen LogP contribution in [0.1, 0.15) is 18.3 Å². The van der Waals surface area contributed by atoms with Gasteiger partial charge in [-0.25, -0.2) is 4.98 Å². The van der Waals surface area contributed by atoms with Crippen LogP contribution in [0, 0.1) is 0 Å². The van der Waals surface area contributed by atoms with Gasteiger partial charge in [-0.15, -0.1) is 0 Å². The first-order chi connectivity index (χ1) is 9.74. The SMILES string of the molecule is CCOc1c(Cl)cc(CNCc2ncc[nH]2)cc1OC. The summed E-state index contributed by atoms with van der Waals surface area (Å²) < 4.78 is 10.8. The Hall–Kier alpha value is -1.72. The van der Waals surface area contributed by atoms with E-state index in [9.17, 15) is 0 Å². The predicted octanol–water partition coefficient (Wildman–Crippen LogP) is 2.76. The Balaban J connectivity index is 2.02. The van der Waals surface area contributed by atoms with Crippen molar-refractivity contribution in [3.63, 3.8) is 0 Å². The zero-order chi connectivity index (χ0) is 14.4. The highest BCUT2D eigenvalue weighted by Crippen LogP contribution is 2.36. The zero-order valence-electron chi connectivity index (χ0n) is 11.6. The van der Waals surface area contributed by atoms with E-state index in [1.165, 1.54) is 0 Å². The second kappa shape index (κ2) is 7.17. The summed E-state index contributed by atoms with van der Waals surface area (Å²) in [5, 5.41) is 3.84. The van der Waals surface area contributed by atoms with Crippen molar-refractivity contribution >= 4 is 11.6 Å². The average Bonchev–Trinajstić information content (AvgIpc) is 2.94. The molecule has 1 heterocycles. The minimum atomic E-state index is 0.548. The van der Waals surface area contributed by atoms with Crippen LogP contribution < -0.4 is 14.8 Å². The molecule has 0 aliphatic rings. The summed E-state index contributed by atoms with van der Waals surface area (Å²) in [6.45, 7) is 3.80. The number of rotatable bonds is 7. The number of methoxy groups -OCH3 is 1. The quantitative estimate of drug-likeness (QED) is 0.824. The van der Waals surface area contributed by atoms with Gasteiger partial charge in [-0.3, -0.25) is 0 Å². The molecule has 20 heavy (non-hydrogen) atoms. The molecule has 0 bridgehead atoms. The van der Waals surface area contributed by atoms with Gasteiger partial charge < -0.3 is 19.8 Å². The van der Waals surface area contributed by atoms with Crippen molar-refractivity contribution in [2.45, 2.75) is 20.0 Å². The Morgan fingerprint density at radius 3 is 2.85 bits per heavy atom. The first-order valence-corrected chi connectivity index (χ1v) is 6.80. The Morgan fingerprint density at radius 2 is 2.20 bits per heavy atom. The number of aromatic amines is 1. The number of ether oxygens (including phenoxy) is 2. The van der Waals surface area contributed by atoms with Crippen molar-refractivity contribution in [1.29, 1.82) is 0 Å². The second-order valence-electron chi connectivity index (χ2n) is 4.18. The number of hydrogen-bond donors (Lipinski definition) is 2. The third-order valence-electron chi connectivity index (χ3n) is 2.75. The fourth-order valence-corrected chi connectivity index (χ4v) is 2.17. The largest absolute Gasteiger partial charge is 0.493 e. The highest BCUT2D eigenvalue weighted by atomic mass is 35.5. The molecule has 0 radical (unpaired) electrons. The number of nitrogens with zero attached hydrogens (tertiary/aromatic N) is 1. The van der Waals surface area contributed by atoms with Crippen LogP contribution in [0.5, 0.6) is 11.5 Å². The van der Waals surface area contributed by atoms with E-state index in [2.05, 4.69) is 15.3 Å². The van der Waals surface area contributed by atoms with E-state index in [1.54, 1.807) is 19.5 Å². The lowest BCUT2D eigenvalue weighted by Gasteiger charge is -2.13. The molecule has 0 fully saturated rings. The van der Waals surface area contributed by atoms with E-state index in [4.69, 9.17) is 21.1 Å². The summed E-state index contributed by atoms with van der Waals surface area (Å²) in [7, 11) is 1.61. The number of aromatic nitrogens is 2. The van der Waals surface area contributed by atoms with Gasteiger partial charge >= 0.3 is 0 Å². The number of hydrogen-bond acceptors (Lipinski definition) is 4. The first-order valence-electron chi connectivity index (χ1n) is 6.42. The van der Waals surface area contributed by atoms with E-state index in [0.717, 1.165) is 11.4 Å². The smallest absolute Gasteiger partial charge is 0.179 e. The number of nitrogens with one attached hydrogen (secondary N) is 2. The predicted molar refractivity (Wildman–Crippen MR) is 78.3 cm³/mol. The van der Waals surface area contributed by atoms with Gasteiger partial charge in [0.05, 0.1) is 25.3 Å². The summed E-state index contributed by atoms with van der Waals surface area (Å²) in [5.41, 5.74) is 1.03. The Morgan fingerprint density at radius 1 is 1.35 bits per heavy atom. The molecule has 0 spiro atoms. The Kier molecular flexibility index (Phi) is 5.26. The summed E-state index contributed by atoms with van der Waals surface area (Å²) in [6.07, 6.45) is 3.53. The molecular formula is C14H18ClN3O2. The van der Waals surface area contributed by atoms with Gasteiger partial charge in [-0.05, 0) is 24.6 Å². The van der Waals surface area contributed by atoms with Gasteiger partial charge in [0.15, 0.2) is 11.5 Å². The van der Waals surface area contributed by atoms with Gasteiger partial charge in [0.25, 0.3) is 0 Å². The van der Waals surface area contributed by atoms with E-state index in [-0.39, 0.29) is 0 Å². The summed E-state index contributed by atoms with van der Waals surface area (Å²) in [5.74, 6) is 2.13. The van der Waals surface area contributed by atoms with E-state index < -0.39 is 0 Å². The monoisotopic (exact) mass is 295 g/mol. The molecule has 0 unspecified atom stereocenters. The van der Waals surface area contributed by atoms with E-state index in [0.29, 0.717) is 36.2 Å². The normalized spacial score (nSPS) is 10.6. The molecule has 0 saturated heterocycles. The van der Waals surface area contributed by atoms with Crippen molar-refractivity contribution in [2.75, 3.05) is 13.7 Å². The maximum atomic E-state index is 6.22. The lowest BCUT2D eigenvalue weighted by molar-refractivity contribution is 0.311. The summed E-state index contributed by atoms with van der Waals surface area (Å²) >= 11 is 6.22. The van der Waals surface area contributed by atoms with Crippen LogP contribution in [0.2, 0.25) is 5.02 Å². The van der Waals surface area contributed by atoms with Crippen molar-refractivity contribution in [3.8, 4) is 11.5 Å². The van der Waals surface area contributed by atoms with Crippen LogP contribution in [0.4, 0.5) is 0 Å². The fraction of sp³-hybridized carbons (Fsp3) is 0.357. The molecule has 0 aliphatic carbocycles. The van der Waals surface area contributed by atoms with Crippen molar-refractivity contribution in [3.05, 3.63) is 40.9 Å². The molecule has 108 valence electrons. The van der Waals surface area contributed by atoms with Gasteiger partial charge in [0, 0.05) is 18.9 Å². The Labute approximate surface area is 123 Å². The van der Waals surface area contributed by atoms with Gasteiger partial charge in [0.2, 0.25) is 0 Å². The molecule has 2 N–H and O–H groups in total. The highest BCUT2D eigenvalue weighted by Gasteiger charge is 2.11. The molecule has 6 heteroatoms. The zero-order valence-corrected chi connectivity index (χ0v) is 12.3. The number of halogens is 1. The third-order valence-corrected chi connectivity index (χ3v) is 3.04. The second-order valence-corrected chi connectivity index (χ2v) is 4.59. The first kappa shape index (κ1) is 14.7.